The molecule has 0 spiro atoms. The first-order valence-electron chi connectivity index (χ1n) is 11.3. The van der Waals surface area contributed by atoms with Crippen LogP contribution in [0.3, 0.4) is 0 Å². The number of carbonyl (C=O) groups is 2. The fourth-order valence-corrected chi connectivity index (χ4v) is 4.78. The molecule has 0 saturated heterocycles. The van der Waals surface area contributed by atoms with Crippen LogP contribution in [-0.4, -0.2) is 33.9 Å². The van der Waals surface area contributed by atoms with Crippen LogP contribution in [0.25, 0.3) is 22.0 Å². The van der Waals surface area contributed by atoms with Gasteiger partial charge < -0.3 is 25.9 Å². The van der Waals surface area contributed by atoms with Crippen LogP contribution in [0.15, 0.2) is 43.0 Å². The van der Waals surface area contributed by atoms with E-state index in [-0.39, 0.29) is 17.2 Å². The van der Waals surface area contributed by atoms with E-state index in [1.165, 1.54) is 12.1 Å². The quantitative estimate of drug-likeness (QED) is 0.362. The largest absolute Gasteiger partial charge is 0.573 e. The number of hydrogen-bond donors (Lipinski definition) is 4. The Kier molecular flexibility index (Phi) is 6.34. The summed E-state index contributed by atoms with van der Waals surface area (Å²) in [6.45, 7) is 6.85. The smallest absolute Gasteiger partial charge is 0.404 e. The van der Waals surface area contributed by atoms with E-state index in [1.54, 1.807) is 26.0 Å². The number of alkyl halides is 3. The number of rotatable bonds is 6. The third-order valence-corrected chi connectivity index (χ3v) is 6.56. The highest BCUT2D eigenvalue weighted by Crippen LogP contribution is 2.42. The SMILES string of the molecule is C=CC(=O)Nc1cc(-c2ccc(C(N)=O)c3[nH]c4c(c23)CCC(C(C)(C)O)C4)ccc1OC(F)(F)F. The van der Waals surface area contributed by atoms with Crippen molar-refractivity contribution in [3.8, 4) is 16.9 Å². The van der Waals surface area contributed by atoms with Crippen LogP contribution in [0.1, 0.15) is 41.9 Å². The molecule has 0 aliphatic heterocycles. The summed E-state index contributed by atoms with van der Waals surface area (Å²) in [5.74, 6) is -1.91. The second-order valence-electron chi connectivity index (χ2n) is 9.40. The van der Waals surface area contributed by atoms with Crippen molar-refractivity contribution in [3.63, 3.8) is 0 Å². The number of amides is 2. The number of fused-ring (bicyclic) bond motifs is 3. The Morgan fingerprint density at radius 3 is 2.58 bits per heavy atom. The number of H-pyrrole nitrogens is 1. The van der Waals surface area contributed by atoms with Crippen LogP contribution in [0.4, 0.5) is 18.9 Å². The Labute approximate surface area is 205 Å². The molecule has 190 valence electrons. The number of anilines is 1. The van der Waals surface area contributed by atoms with Crippen LogP contribution in [0.5, 0.6) is 5.75 Å². The van der Waals surface area contributed by atoms with Crippen LogP contribution < -0.4 is 15.8 Å². The number of aromatic nitrogens is 1. The average molecular weight is 502 g/mol. The molecular formula is C26H26F3N3O4. The van der Waals surface area contributed by atoms with Gasteiger partial charge in [-0.05, 0) is 80.0 Å². The van der Waals surface area contributed by atoms with Crippen LogP contribution >= 0.6 is 0 Å². The number of aryl methyl sites for hydroxylation is 1. The number of aromatic amines is 1. The maximum atomic E-state index is 12.9. The van der Waals surface area contributed by atoms with E-state index in [4.69, 9.17) is 5.73 Å². The number of aliphatic hydroxyl groups is 1. The highest BCUT2D eigenvalue weighted by atomic mass is 19.4. The summed E-state index contributed by atoms with van der Waals surface area (Å²) in [5, 5.41) is 13.6. The summed E-state index contributed by atoms with van der Waals surface area (Å²) in [7, 11) is 0. The lowest BCUT2D eigenvalue weighted by Crippen LogP contribution is -2.34. The lowest BCUT2D eigenvalue weighted by atomic mass is 9.77. The molecule has 7 nitrogen and oxygen atoms in total. The maximum absolute atomic E-state index is 12.9. The van der Waals surface area contributed by atoms with Crippen LogP contribution in [0.2, 0.25) is 0 Å². The van der Waals surface area contributed by atoms with E-state index in [1.807, 2.05) is 0 Å². The van der Waals surface area contributed by atoms with Crippen molar-refractivity contribution in [1.29, 1.82) is 0 Å². The monoisotopic (exact) mass is 501 g/mol. The first kappa shape index (κ1) is 25.3. The van der Waals surface area contributed by atoms with Crippen LogP contribution in [0, 0.1) is 5.92 Å². The molecule has 5 N–H and O–H groups in total. The van der Waals surface area contributed by atoms with E-state index in [0.717, 1.165) is 28.8 Å². The molecule has 36 heavy (non-hydrogen) atoms. The maximum Gasteiger partial charge on any atom is 0.573 e. The zero-order chi connectivity index (χ0) is 26.4. The fourth-order valence-electron chi connectivity index (χ4n) is 4.78. The summed E-state index contributed by atoms with van der Waals surface area (Å²) in [5.41, 5.74) is 8.30. The Morgan fingerprint density at radius 2 is 1.97 bits per heavy atom. The van der Waals surface area contributed by atoms with E-state index >= 15 is 0 Å². The summed E-state index contributed by atoms with van der Waals surface area (Å²) in [6, 6.07) is 7.18. The summed E-state index contributed by atoms with van der Waals surface area (Å²) < 4.78 is 42.9. The number of halogens is 3. The minimum absolute atomic E-state index is 0.00180. The molecular weight excluding hydrogens is 475 g/mol. The Balaban J connectivity index is 1.90. The van der Waals surface area contributed by atoms with Gasteiger partial charge in [0.2, 0.25) is 5.91 Å². The van der Waals surface area contributed by atoms with Gasteiger partial charge in [-0.15, -0.1) is 13.2 Å². The lowest BCUT2D eigenvalue weighted by molar-refractivity contribution is -0.274. The van der Waals surface area contributed by atoms with Gasteiger partial charge in [-0.25, -0.2) is 0 Å². The number of benzene rings is 2. The molecule has 1 aliphatic carbocycles. The highest BCUT2D eigenvalue weighted by Gasteiger charge is 2.34. The molecule has 1 heterocycles. The standard InChI is InChI=1S/C26H26F3N3O4/c1-4-21(33)31-19-11-13(5-10-20(19)36-26(27,28)29)15-8-9-17(24(30)34)23-22(15)16-7-6-14(25(2,3)35)12-18(16)32-23/h4-5,8-11,14,32,35H,1,6-7,12H2,2-3H3,(H2,30,34)(H,31,33). The molecule has 10 heteroatoms. The number of hydrogen-bond acceptors (Lipinski definition) is 4. The molecule has 0 radical (unpaired) electrons. The van der Waals surface area contributed by atoms with Crippen molar-refractivity contribution >= 4 is 28.4 Å². The van der Waals surface area contributed by atoms with Crippen molar-refractivity contribution < 1.29 is 32.6 Å². The first-order chi connectivity index (χ1) is 16.8. The van der Waals surface area contributed by atoms with Crippen LogP contribution in [-0.2, 0) is 17.6 Å². The second-order valence-corrected chi connectivity index (χ2v) is 9.40. The number of primary amides is 1. The second kappa shape index (κ2) is 9.02. The first-order valence-corrected chi connectivity index (χ1v) is 11.3. The molecule has 3 aromatic rings. The topological polar surface area (TPSA) is 117 Å². The van der Waals surface area contributed by atoms with Gasteiger partial charge in [0.25, 0.3) is 5.91 Å². The predicted molar refractivity (Wildman–Crippen MR) is 130 cm³/mol. The van der Waals surface area contributed by atoms with Crippen molar-refractivity contribution in [2.75, 3.05) is 5.32 Å². The summed E-state index contributed by atoms with van der Waals surface area (Å²) in [6.07, 6.45) is -2.13. The van der Waals surface area contributed by atoms with E-state index in [9.17, 15) is 27.9 Å². The van der Waals surface area contributed by atoms with Crippen molar-refractivity contribution in [3.05, 3.63) is 59.8 Å². The Bertz CT molecular complexity index is 1370. The highest BCUT2D eigenvalue weighted by molar-refractivity contribution is 6.11. The minimum atomic E-state index is -4.96. The molecule has 2 aromatic carbocycles. The lowest BCUT2D eigenvalue weighted by Gasteiger charge is -2.32. The molecule has 0 bridgehead atoms. The summed E-state index contributed by atoms with van der Waals surface area (Å²) in [4.78, 5) is 27.4. The summed E-state index contributed by atoms with van der Waals surface area (Å²) >= 11 is 0. The van der Waals surface area contributed by atoms with E-state index in [0.29, 0.717) is 35.9 Å². The zero-order valence-corrected chi connectivity index (χ0v) is 19.8. The third kappa shape index (κ3) is 4.94. The molecule has 1 aliphatic rings. The average Bonchev–Trinajstić information content (AvgIpc) is 3.16. The normalized spacial score (nSPS) is 15.9. The van der Waals surface area contributed by atoms with Crippen molar-refractivity contribution in [2.45, 2.75) is 45.1 Å². The van der Waals surface area contributed by atoms with Gasteiger partial charge in [0.15, 0.2) is 5.75 Å². The van der Waals surface area contributed by atoms with Crippen molar-refractivity contribution in [1.82, 2.24) is 4.98 Å². The van der Waals surface area contributed by atoms with E-state index in [2.05, 4.69) is 21.6 Å². The van der Waals surface area contributed by atoms with Gasteiger partial charge in [0.05, 0.1) is 22.4 Å². The molecule has 2 amide bonds. The van der Waals surface area contributed by atoms with Gasteiger partial charge in [0, 0.05) is 11.1 Å². The fraction of sp³-hybridized carbons (Fsp3) is 0.308. The molecule has 1 unspecified atom stereocenters. The minimum Gasteiger partial charge on any atom is -0.404 e. The molecule has 1 aromatic heterocycles. The predicted octanol–water partition coefficient (Wildman–Crippen LogP) is 4.83. The molecule has 0 fully saturated rings. The zero-order valence-electron chi connectivity index (χ0n) is 19.8. The Morgan fingerprint density at radius 1 is 1.25 bits per heavy atom. The van der Waals surface area contributed by atoms with Gasteiger partial charge in [0.1, 0.15) is 0 Å². The molecule has 0 saturated carbocycles. The number of nitrogens with two attached hydrogens (primary N) is 1. The van der Waals surface area contributed by atoms with Gasteiger partial charge in [-0.3, -0.25) is 9.59 Å². The molecule has 4 rings (SSSR count). The number of ether oxygens (including phenoxy) is 1. The third-order valence-electron chi connectivity index (χ3n) is 6.56. The number of carbonyl (C=O) groups excluding carboxylic acids is 2. The Hall–Kier alpha value is -3.79. The number of nitrogens with one attached hydrogen (secondary N) is 2. The van der Waals surface area contributed by atoms with Gasteiger partial charge in [-0.2, -0.15) is 0 Å². The van der Waals surface area contributed by atoms with E-state index < -0.39 is 29.5 Å². The van der Waals surface area contributed by atoms with Crippen molar-refractivity contribution in [2.24, 2.45) is 11.7 Å². The van der Waals surface area contributed by atoms with Gasteiger partial charge >= 0.3 is 6.36 Å². The molecule has 1 atom stereocenters. The van der Waals surface area contributed by atoms with Gasteiger partial charge in [-0.1, -0.05) is 18.7 Å².